The fourth-order valence-corrected chi connectivity index (χ4v) is 2.73. The van der Waals surface area contributed by atoms with Gasteiger partial charge in [0, 0.05) is 42.5 Å². The summed E-state index contributed by atoms with van der Waals surface area (Å²) in [5.41, 5.74) is 3.28. The van der Waals surface area contributed by atoms with Crippen molar-refractivity contribution in [1.29, 1.82) is 0 Å². The second kappa shape index (κ2) is 9.21. The van der Waals surface area contributed by atoms with Crippen molar-refractivity contribution in [2.75, 3.05) is 20.6 Å². The highest BCUT2D eigenvalue weighted by molar-refractivity contribution is 6.30. The fourth-order valence-electron chi connectivity index (χ4n) is 2.60. The molecule has 3 aromatic rings. The van der Waals surface area contributed by atoms with Gasteiger partial charge in [-0.3, -0.25) is 9.59 Å². The molecule has 29 heavy (non-hydrogen) atoms. The van der Waals surface area contributed by atoms with E-state index in [4.69, 9.17) is 11.6 Å². The topological polar surface area (TPSA) is 67.2 Å². The van der Waals surface area contributed by atoms with Crippen LogP contribution < -0.4 is 5.32 Å². The Balaban J connectivity index is 1.88. The van der Waals surface area contributed by atoms with Gasteiger partial charge in [-0.15, -0.1) is 0 Å². The van der Waals surface area contributed by atoms with Gasteiger partial charge in [-0.1, -0.05) is 41.9 Å². The molecule has 0 radical (unpaired) electrons. The summed E-state index contributed by atoms with van der Waals surface area (Å²) in [6.45, 7) is -0.0521. The number of nitrogens with zero attached hydrogens (tertiary/aromatic N) is 3. The van der Waals surface area contributed by atoms with Crippen molar-refractivity contribution in [1.82, 2.24) is 20.0 Å². The Morgan fingerprint density at radius 1 is 1.10 bits per heavy atom. The van der Waals surface area contributed by atoms with E-state index in [2.05, 4.69) is 10.4 Å². The highest BCUT2D eigenvalue weighted by atomic mass is 35.5. The lowest BCUT2D eigenvalue weighted by Gasteiger charge is -2.09. The minimum Gasteiger partial charge on any atom is -0.347 e. The van der Waals surface area contributed by atoms with Crippen LogP contribution in [0.3, 0.4) is 0 Å². The molecule has 3 rings (SSSR count). The first-order valence-electron chi connectivity index (χ1n) is 9.01. The van der Waals surface area contributed by atoms with Gasteiger partial charge in [-0.2, -0.15) is 5.10 Å². The van der Waals surface area contributed by atoms with Crippen LogP contribution in [0.15, 0.2) is 66.9 Å². The number of aromatic nitrogens is 2. The molecule has 0 unspecified atom stereocenters. The van der Waals surface area contributed by atoms with Gasteiger partial charge in [-0.25, -0.2) is 4.68 Å². The van der Waals surface area contributed by atoms with E-state index >= 15 is 0 Å². The Hall–Kier alpha value is -3.38. The third-order valence-electron chi connectivity index (χ3n) is 4.21. The highest BCUT2D eigenvalue weighted by Gasteiger charge is 2.11. The standard InChI is InChI=1S/C22H21ClN4O2/c1-26(2)21(29)14-24-20(28)13-10-17-15-27(19-6-4-3-5-7-19)25-22(17)16-8-11-18(23)12-9-16/h3-13,15H,14H2,1-2H3,(H,24,28)/b13-10+. The minimum absolute atomic E-state index is 0.0521. The van der Waals surface area contributed by atoms with Gasteiger partial charge in [0.25, 0.3) is 0 Å². The normalized spacial score (nSPS) is 10.9. The molecule has 7 heteroatoms. The van der Waals surface area contributed by atoms with Gasteiger partial charge < -0.3 is 10.2 Å². The van der Waals surface area contributed by atoms with Crippen molar-refractivity contribution in [3.05, 3.63) is 77.5 Å². The summed E-state index contributed by atoms with van der Waals surface area (Å²) < 4.78 is 1.76. The van der Waals surface area contributed by atoms with Crippen molar-refractivity contribution in [2.24, 2.45) is 0 Å². The van der Waals surface area contributed by atoms with Crippen LogP contribution in [0, 0.1) is 0 Å². The Bertz CT molecular complexity index is 1020. The van der Waals surface area contributed by atoms with E-state index in [0.717, 1.165) is 22.5 Å². The molecule has 2 amide bonds. The van der Waals surface area contributed by atoms with Crippen molar-refractivity contribution in [3.8, 4) is 16.9 Å². The molecule has 2 aromatic carbocycles. The first-order chi connectivity index (χ1) is 13.9. The summed E-state index contributed by atoms with van der Waals surface area (Å²) in [6.07, 6.45) is 4.94. The van der Waals surface area contributed by atoms with E-state index < -0.39 is 0 Å². The molecular weight excluding hydrogens is 388 g/mol. The zero-order valence-corrected chi connectivity index (χ0v) is 16.9. The van der Waals surface area contributed by atoms with E-state index in [1.165, 1.54) is 11.0 Å². The summed E-state index contributed by atoms with van der Waals surface area (Å²) in [5, 5.41) is 7.90. The molecule has 0 aliphatic rings. The smallest absolute Gasteiger partial charge is 0.244 e. The number of hydrogen-bond donors (Lipinski definition) is 1. The SMILES string of the molecule is CN(C)C(=O)CNC(=O)/C=C/c1cn(-c2ccccc2)nc1-c1ccc(Cl)cc1. The van der Waals surface area contributed by atoms with Gasteiger partial charge in [0.2, 0.25) is 11.8 Å². The van der Waals surface area contributed by atoms with E-state index in [-0.39, 0.29) is 18.4 Å². The van der Waals surface area contributed by atoms with Gasteiger partial charge in [0.15, 0.2) is 0 Å². The highest BCUT2D eigenvalue weighted by Crippen LogP contribution is 2.26. The lowest BCUT2D eigenvalue weighted by molar-refractivity contribution is -0.129. The first-order valence-corrected chi connectivity index (χ1v) is 9.39. The summed E-state index contributed by atoms with van der Waals surface area (Å²) in [6, 6.07) is 17.1. The summed E-state index contributed by atoms with van der Waals surface area (Å²) in [4.78, 5) is 25.1. The number of likely N-dealkylation sites (N-methyl/N-ethyl adjacent to an activating group) is 1. The van der Waals surface area contributed by atoms with Crippen molar-refractivity contribution in [3.63, 3.8) is 0 Å². The third-order valence-corrected chi connectivity index (χ3v) is 4.46. The number of para-hydroxylation sites is 1. The number of carbonyl (C=O) groups is 2. The molecule has 0 spiro atoms. The Kier molecular flexibility index (Phi) is 6.46. The zero-order valence-electron chi connectivity index (χ0n) is 16.2. The molecule has 0 saturated carbocycles. The lowest BCUT2D eigenvalue weighted by Crippen LogP contribution is -2.35. The van der Waals surface area contributed by atoms with Crippen LogP contribution >= 0.6 is 11.6 Å². The van der Waals surface area contributed by atoms with Crippen LogP contribution in [-0.2, 0) is 9.59 Å². The second-order valence-corrected chi connectivity index (χ2v) is 7.00. The Morgan fingerprint density at radius 2 is 1.79 bits per heavy atom. The molecule has 1 aromatic heterocycles. The number of halogens is 1. The zero-order chi connectivity index (χ0) is 20.8. The number of hydrogen-bond acceptors (Lipinski definition) is 3. The Labute approximate surface area is 174 Å². The second-order valence-electron chi connectivity index (χ2n) is 6.56. The Morgan fingerprint density at radius 3 is 2.45 bits per heavy atom. The quantitative estimate of drug-likeness (QED) is 0.635. The molecule has 0 fully saturated rings. The molecule has 0 atom stereocenters. The van der Waals surface area contributed by atoms with Gasteiger partial charge in [0.05, 0.1) is 17.9 Å². The minimum atomic E-state index is -0.352. The maximum absolute atomic E-state index is 12.1. The van der Waals surface area contributed by atoms with Crippen LogP contribution in [0.4, 0.5) is 0 Å². The van der Waals surface area contributed by atoms with Crippen LogP contribution in [0.5, 0.6) is 0 Å². The fraction of sp³-hybridized carbons (Fsp3) is 0.136. The molecule has 148 valence electrons. The largest absolute Gasteiger partial charge is 0.347 e. The summed E-state index contributed by atoms with van der Waals surface area (Å²) >= 11 is 6.00. The maximum atomic E-state index is 12.1. The van der Waals surface area contributed by atoms with Crippen LogP contribution in [0.1, 0.15) is 5.56 Å². The van der Waals surface area contributed by atoms with E-state index in [0.29, 0.717) is 5.02 Å². The molecule has 6 nitrogen and oxygen atoms in total. The van der Waals surface area contributed by atoms with Gasteiger partial charge >= 0.3 is 0 Å². The molecular formula is C22H21ClN4O2. The predicted octanol–water partition coefficient (Wildman–Crippen LogP) is 3.41. The third kappa shape index (κ3) is 5.33. The van der Waals surface area contributed by atoms with E-state index in [9.17, 15) is 9.59 Å². The van der Waals surface area contributed by atoms with Gasteiger partial charge in [-0.05, 0) is 30.3 Å². The lowest BCUT2D eigenvalue weighted by atomic mass is 10.1. The van der Waals surface area contributed by atoms with Crippen LogP contribution in [0.2, 0.25) is 5.02 Å². The van der Waals surface area contributed by atoms with Crippen molar-refractivity contribution < 1.29 is 9.59 Å². The molecule has 1 N–H and O–H groups in total. The monoisotopic (exact) mass is 408 g/mol. The van der Waals surface area contributed by atoms with Crippen LogP contribution in [0.25, 0.3) is 23.0 Å². The van der Waals surface area contributed by atoms with E-state index in [1.807, 2.05) is 48.7 Å². The molecule has 1 heterocycles. The first kappa shape index (κ1) is 20.4. The predicted molar refractivity (Wildman–Crippen MR) is 115 cm³/mol. The van der Waals surface area contributed by atoms with Crippen molar-refractivity contribution >= 4 is 29.5 Å². The number of nitrogens with one attached hydrogen (secondary N) is 1. The number of rotatable bonds is 6. The molecule has 0 aliphatic heterocycles. The number of benzene rings is 2. The average Bonchev–Trinajstić information content (AvgIpc) is 3.16. The van der Waals surface area contributed by atoms with E-state index in [1.54, 1.807) is 37.0 Å². The van der Waals surface area contributed by atoms with Crippen molar-refractivity contribution in [2.45, 2.75) is 0 Å². The molecule has 0 saturated heterocycles. The molecule has 0 aliphatic carbocycles. The number of amides is 2. The maximum Gasteiger partial charge on any atom is 0.244 e. The number of carbonyl (C=O) groups excluding carboxylic acids is 2. The van der Waals surface area contributed by atoms with Crippen LogP contribution in [-0.4, -0.2) is 47.1 Å². The molecule has 0 bridgehead atoms. The summed E-state index contributed by atoms with van der Waals surface area (Å²) in [7, 11) is 3.28. The summed E-state index contributed by atoms with van der Waals surface area (Å²) in [5.74, 6) is -0.528. The average molecular weight is 409 g/mol. The van der Waals surface area contributed by atoms with Gasteiger partial charge in [0.1, 0.15) is 0 Å².